The minimum absolute atomic E-state index is 0.207. The Balaban J connectivity index is 2.03. The minimum Gasteiger partial charge on any atom is -0.354 e. The molecule has 1 fully saturated rings. The lowest BCUT2D eigenvalue weighted by atomic mass is 10.1. The number of amides is 4. The van der Waals surface area contributed by atoms with Crippen LogP contribution in [-0.4, -0.2) is 47.7 Å². The summed E-state index contributed by atoms with van der Waals surface area (Å²) in [7, 11) is 0. The highest BCUT2D eigenvalue weighted by Gasteiger charge is 2.30. The first-order chi connectivity index (χ1) is 14.0. The van der Waals surface area contributed by atoms with Crippen LogP contribution in [0.2, 0.25) is 0 Å². The van der Waals surface area contributed by atoms with E-state index in [1.807, 2.05) is 6.92 Å². The Kier molecular flexibility index (Phi) is 8.92. The second kappa shape index (κ2) is 11.4. The van der Waals surface area contributed by atoms with Gasteiger partial charge in [-0.3, -0.25) is 24.1 Å². The van der Waals surface area contributed by atoms with E-state index in [0.29, 0.717) is 29.3 Å². The standard InChI is InChI=1S/C21H27N3O4S/c1-3-5-12-22-21(28)17(14-29-13-4-2)23-20(27)15-6-8-16(9-7-15)24-18(25)10-11-19(24)26/h4,6-9,17H,2-3,5,10-14H2,1H3,(H,22,28)(H,23,27). The Morgan fingerprint density at radius 3 is 2.45 bits per heavy atom. The summed E-state index contributed by atoms with van der Waals surface area (Å²) in [5, 5.41) is 5.62. The van der Waals surface area contributed by atoms with Gasteiger partial charge >= 0.3 is 0 Å². The van der Waals surface area contributed by atoms with Crippen molar-refractivity contribution in [3.8, 4) is 0 Å². The quantitative estimate of drug-likeness (QED) is 0.327. The molecule has 29 heavy (non-hydrogen) atoms. The Morgan fingerprint density at radius 2 is 1.86 bits per heavy atom. The van der Waals surface area contributed by atoms with E-state index in [1.165, 1.54) is 11.8 Å². The molecular weight excluding hydrogens is 390 g/mol. The van der Waals surface area contributed by atoms with Crippen molar-refractivity contribution in [1.82, 2.24) is 10.6 Å². The zero-order valence-corrected chi connectivity index (χ0v) is 17.4. The normalized spacial score (nSPS) is 14.6. The van der Waals surface area contributed by atoms with E-state index >= 15 is 0 Å². The number of hydrogen-bond acceptors (Lipinski definition) is 5. The molecule has 1 aromatic rings. The van der Waals surface area contributed by atoms with Crippen LogP contribution in [0.3, 0.4) is 0 Å². The topological polar surface area (TPSA) is 95.6 Å². The van der Waals surface area contributed by atoms with Gasteiger partial charge in [-0.25, -0.2) is 0 Å². The molecule has 0 bridgehead atoms. The molecule has 7 nitrogen and oxygen atoms in total. The number of nitrogens with zero attached hydrogens (tertiary/aromatic N) is 1. The highest BCUT2D eigenvalue weighted by atomic mass is 32.2. The third kappa shape index (κ3) is 6.45. The van der Waals surface area contributed by atoms with Gasteiger partial charge in [0.25, 0.3) is 5.91 Å². The van der Waals surface area contributed by atoms with Crippen molar-refractivity contribution in [1.29, 1.82) is 0 Å². The molecule has 1 aliphatic rings. The van der Waals surface area contributed by atoms with Crippen LogP contribution >= 0.6 is 11.8 Å². The summed E-state index contributed by atoms with van der Waals surface area (Å²) in [5.74, 6) is 0.0374. The van der Waals surface area contributed by atoms with Crippen LogP contribution in [0.1, 0.15) is 43.0 Å². The fourth-order valence-electron chi connectivity index (χ4n) is 2.83. The lowest BCUT2D eigenvalue weighted by Gasteiger charge is -2.18. The fourth-order valence-corrected chi connectivity index (χ4v) is 3.60. The molecule has 1 heterocycles. The maximum Gasteiger partial charge on any atom is 0.251 e. The Labute approximate surface area is 175 Å². The van der Waals surface area contributed by atoms with Gasteiger partial charge in [0.2, 0.25) is 17.7 Å². The number of rotatable bonds is 11. The molecule has 2 rings (SSSR count). The Bertz CT molecular complexity index is 748. The maximum absolute atomic E-state index is 12.6. The summed E-state index contributed by atoms with van der Waals surface area (Å²) >= 11 is 1.51. The lowest BCUT2D eigenvalue weighted by molar-refractivity contribution is -0.123. The number of carbonyl (C=O) groups is 4. The number of anilines is 1. The van der Waals surface area contributed by atoms with Crippen molar-refractivity contribution in [2.45, 2.75) is 38.6 Å². The largest absolute Gasteiger partial charge is 0.354 e. The van der Waals surface area contributed by atoms with E-state index in [9.17, 15) is 19.2 Å². The van der Waals surface area contributed by atoms with Crippen LogP contribution < -0.4 is 15.5 Å². The second-order valence-corrected chi connectivity index (χ2v) is 7.74. The average Bonchev–Trinajstić information content (AvgIpc) is 3.05. The van der Waals surface area contributed by atoms with Crippen LogP contribution in [-0.2, 0) is 14.4 Å². The lowest BCUT2D eigenvalue weighted by Crippen LogP contribution is -2.48. The summed E-state index contributed by atoms with van der Waals surface area (Å²) < 4.78 is 0. The van der Waals surface area contributed by atoms with Crippen LogP contribution in [0.4, 0.5) is 5.69 Å². The molecule has 0 radical (unpaired) electrons. The number of imide groups is 1. The number of carbonyl (C=O) groups excluding carboxylic acids is 4. The van der Waals surface area contributed by atoms with Crippen molar-refractivity contribution >= 4 is 41.1 Å². The Morgan fingerprint density at radius 1 is 1.21 bits per heavy atom. The summed E-state index contributed by atoms with van der Waals surface area (Å²) in [5.41, 5.74) is 0.803. The minimum atomic E-state index is -0.661. The molecule has 0 saturated carbocycles. The SMILES string of the molecule is C=CCSCC(NC(=O)c1ccc(N2C(=O)CCC2=O)cc1)C(=O)NCCCC. The first kappa shape index (κ1) is 22.7. The molecule has 1 atom stereocenters. The molecule has 0 aromatic heterocycles. The molecule has 8 heteroatoms. The number of thioether (sulfide) groups is 1. The molecule has 1 unspecified atom stereocenters. The molecule has 1 aliphatic heterocycles. The molecular formula is C21H27N3O4S. The predicted molar refractivity (Wildman–Crippen MR) is 115 cm³/mol. The van der Waals surface area contributed by atoms with E-state index in [-0.39, 0.29) is 36.5 Å². The summed E-state index contributed by atoms with van der Waals surface area (Å²) in [6.07, 6.45) is 4.01. The van der Waals surface area contributed by atoms with Crippen molar-refractivity contribution in [2.24, 2.45) is 0 Å². The summed E-state index contributed by atoms with van der Waals surface area (Å²) in [6, 6.07) is 5.57. The molecule has 4 amide bonds. The second-order valence-electron chi connectivity index (χ2n) is 6.67. The summed E-state index contributed by atoms with van der Waals surface area (Å²) in [6.45, 7) is 6.27. The van der Waals surface area contributed by atoms with Crippen molar-refractivity contribution in [3.05, 3.63) is 42.5 Å². The maximum atomic E-state index is 12.6. The van der Waals surface area contributed by atoms with Gasteiger partial charge in [-0.05, 0) is 30.7 Å². The van der Waals surface area contributed by atoms with Crippen molar-refractivity contribution < 1.29 is 19.2 Å². The van der Waals surface area contributed by atoms with E-state index < -0.39 is 6.04 Å². The van der Waals surface area contributed by atoms with Gasteiger partial charge in [-0.2, -0.15) is 11.8 Å². The van der Waals surface area contributed by atoms with Crippen molar-refractivity contribution in [3.63, 3.8) is 0 Å². The third-order valence-electron chi connectivity index (χ3n) is 4.41. The van der Waals surface area contributed by atoms with Gasteiger partial charge < -0.3 is 10.6 Å². The van der Waals surface area contributed by atoms with Crippen LogP contribution in [0, 0.1) is 0 Å². The van der Waals surface area contributed by atoms with Gasteiger partial charge in [0, 0.05) is 36.5 Å². The van der Waals surface area contributed by atoms with E-state index in [1.54, 1.807) is 30.3 Å². The smallest absolute Gasteiger partial charge is 0.251 e. The third-order valence-corrected chi connectivity index (χ3v) is 5.45. The van der Waals surface area contributed by atoms with E-state index in [4.69, 9.17) is 0 Å². The number of hydrogen-bond donors (Lipinski definition) is 2. The highest BCUT2D eigenvalue weighted by Crippen LogP contribution is 2.22. The zero-order valence-electron chi connectivity index (χ0n) is 16.6. The van der Waals surface area contributed by atoms with Gasteiger partial charge in [0.05, 0.1) is 5.69 Å². The highest BCUT2D eigenvalue weighted by molar-refractivity contribution is 7.99. The fraction of sp³-hybridized carbons (Fsp3) is 0.429. The van der Waals surface area contributed by atoms with Crippen molar-refractivity contribution in [2.75, 3.05) is 23.0 Å². The van der Waals surface area contributed by atoms with E-state index in [2.05, 4.69) is 17.2 Å². The van der Waals surface area contributed by atoms with Gasteiger partial charge in [-0.1, -0.05) is 19.4 Å². The first-order valence-corrected chi connectivity index (χ1v) is 10.9. The van der Waals surface area contributed by atoms with E-state index in [0.717, 1.165) is 17.7 Å². The van der Waals surface area contributed by atoms with Crippen LogP contribution in [0.5, 0.6) is 0 Å². The van der Waals surface area contributed by atoms with Gasteiger partial charge in [-0.15, -0.1) is 6.58 Å². The Hall–Kier alpha value is -2.61. The molecule has 2 N–H and O–H groups in total. The molecule has 1 saturated heterocycles. The van der Waals surface area contributed by atoms with Gasteiger partial charge in [0.1, 0.15) is 6.04 Å². The monoisotopic (exact) mass is 417 g/mol. The average molecular weight is 418 g/mol. The number of unbranched alkanes of at least 4 members (excludes halogenated alkanes) is 1. The number of nitrogens with one attached hydrogen (secondary N) is 2. The first-order valence-electron chi connectivity index (χ1n) is 9.71. The zero-order chi connectivity index (χ0) is 21.2. The molecule has 156 valence electrons. The summed E-state index contributed by atoms with van der Waals surface area (Å²) in [4.78, 5) is 49.8. The predicted octanol–water partition coefficient (Wildman–Crippen LogP) is 2.27. The van der Waals surface area contributed by atoms with Crippen LogP contribution in [0.15, 0.2) is 36.9 Å². The number of benzene rings is 1. The van der Waals surface area contributed by atoms with Crippen LogP contribution in [0.25, 0.3) is 0 Å². The molecule has 1 aromatic carbocycles. The van der Waals surface area contributed by atoms with Gasteiger partial charge in [0.15, 0.2) is 0 Å². The molecule has 0 aliphatic carbocycles. The molecule has 0 spiro atoms.